The maximum absolute atomic E-state index is 13.1. The van der Waals surface area contributed by atoms with E-state index in [9.17, 15) is 19.2 Å². The molecule has 0 spiro atoms. The molecular weight excluding hydrogens is 424 g/mol. The molecule has 33 heavy (non-hydrogen) atoms. The average molecular weight is 459 g/mol. The number of hydrogen-bond donors (Lipinski definition) is 4. The molecule has 1 saturated carbocycles. The molecule has 4 amide bonds. The van der Waals surface area contributed by atoms with Crippen molar-refractivity contribution in [2.75, 3.05) is 6.54 Å². The summed E-state index contributed by atoms with van der Waals surface area (Å²) in [6.07, 6.45) is 2.24. The molecule has 4 atom stereocenters. The minimum absolute atomic E-state index is 0.0800. The number of nitrogens with one attached hydrogen (secondary N) is 3. The molecule has 2 aliphatic rings. The molecule has 180 valence electrons. The molecule has 1 saturated heterocycles. The van der Waals surface area contributed by atoms with E-state index < -0.39 is 30.0 Å². The van der Waals surface area contributed by atoms with Crippen LogP contribution in [0, 0.1) is 17.3 Å². The largest absolute Gasteiger partial charge is 0.445 e. The Morgan fingerprint density at radius 1 is 1.15 bits per heavy atom. The maximum Gasteiger partial charge on any atom is 0.408 e. The van der Waals surface area contributed by atoms with E-state index in [-0.39, 0.29) is 36.2 Å². The molecule has 9 heteroatoms. The van der Waals surface area contributed by atoms with Gasteiger partial charge in [0, 0.05) is 12.5 Å². The number of ether oxygens (including phenoxy) is 1. The summed E-state index contributed by atoms with van der Waals surface area (Å²) >= 11 is 0. The van der Waals surface area contributed by atoms with Gasteiger partial charge in [-0.25, -0.2) is 4.79 Å². The predicted octanol–water partition coefficient (Wildman–Crippen LogP) is 1.60. The molecule has 4 unspecified atom stereocenters. The van der Waals surface area contributed by atoms with E-state index in [0.29, 0.717) is 19.4 Å². The van der Waals surface area contributed by atoms with Gasteiger partial charge in [0.15, 0.2) is 0 Å². The second-order valence-electron chi connectivity index (χ2n) is 9.71. The van der Waals surface area contributed by atoms with Crippen molar-refractivity contribution < 1.29 is 23.9 Å². The first-order valence-electron chi connectivity index (χ1n) is 11.5. The summed E-state index contributed by atoms with van der Waals surface area (Å²) in [4.78, 5) is 49.6. The first kappa shape index (κ1) is 24.5. The lowest BCUT2D eigenvalue weighted by Crippen LogP contribution is -2.54. The van der Waals surface area contributed by atoms with Crippen molar-refractivity contribution in [2.24, 2.45) is 23.0 Å². The molecule has 5 N–H and O–H groups in total. The van der Waals surface area contributed by atoms with Crippen LogP contribution in [0.1, 0.15) is 51.5 Å². The number of rotatable bonds is 10. The Morgan fingerprint density at radius 2 is 1.85 bits per heavy atom. The standard InChI is InChI=1S/C24H34N4O5/c1-24(2)13-17(24)12-19(28-23(32)33-14-15-7-4-3-5-8-15)22(31)27-18(20(25)29)11-16-9-6-10-26-21(16)30/h3-5,7-8,16-19H,6,9-14H2,1-2H3,(H2,25,29)(H,26,30)(H,27,31)(H,28,32). The number of primary amides is 1. The zero-order chi connectivity index (χ0) is 24.0. The topological polar surface area (TPSA) is 140 Å². The van der Waals surface area contributed by atoms with Crippen molar-refractivity contribution in [1.82, 2.24) is 16.0 Å². The summed E-state index contributed by atoms with van der Waals surface area (Å²) in [5.74, 6) is -1.48. The third kappa shape index (κ3) is 7.20. The van der Waals surface area contributed by atoms with Crippen molar-refractivity contribution in [3.05, 3.63) is 35.9 Å². The average Bonchev–Trinajstić information content (AvgIpc) is 3.38. The highest BCUT2D eigenvalue weighted by Gasteiger charge is 2.47. The first-order chi connectivity index (χ1) is 15.7. The van der Waals surface area contributed by atoms with Crippen LogP contribution in [0.5, 0.6) is 0 Å². The van der Waals surface area contributed by atoms with Crippen molar-refractivity contribution in [3.63, 3.8) is 0 Å². The summed E-state index contributed by atoms with van der Waals surface area (Å²) in [7, 11) is 0. The predicted molar refractivity (Wildman–Crippen MR) is 122 cm³/mol. The lowest BCUT2D eigenvalue weighted by molar-refractivity contribution is -0.131. The number of piperidine rings is 1. The second-order valence-corrected chi connectivity index (χ2v) is 9.71. The molecule has 1 aliphatic carbocycles. The molecule has 1 heterocycles. The SMILES string of the molecule is CC1(C)CC1CC(NC(=O)OCc1ccccc1)C(=O)NC(CC1CCCNC1=O)C(N)=O. The first-order valence-corrected chi connectivity index (χ1v) is 11.5. The third-order valence-electron chi connectivity index (χ3n) is 6.64. The minimum atomic E-state index is -0.997. The van der Waals surface area contributed by atoms with Crippen LogP contribution in [-0.2, 0) is 25.7 Å². The van der Waals surface area contributed by atoms with Gasteiger partial charge in [-0.1, -0.05) is 44.2 Å². The Labute approximate surface area is 194 Å². The molecule has 1 aromatic carbocycles. The van der Waals surface area contributed by atoms with E-state index in [4.69, 9.17) is 10.5 Å². The lowest BCUT2D eigenvalue weighted by atomic mass is 9.91. The van der Waals surface area contributed by atoms with Crippen molar-refractivity contribution >= 4 is 23.8 Å². The molecule has 0 aromatic heterocycles. The number of amides is 4. The van der Waals surface area contributed by atoms with Crippen molar-refractivity contribution in [3.8, 4) is 0 Å². The van der Waals surface area contributed by atoms with Gasteiger partial charge in [-0.15, -0.1) is 0 Å². The van der Waals surface area contributed by atoms with Gasteiger partial charge < -0.3 is 26.4 Å². The number of nitrogens with two attached hydrogens (primary N) is 1. The zero-order valence-electron chi connectivity index (χ0n) is 19.3. The van der Waals surface area contributed by atoms with Crippen LogP contribution in [0.3, 0.4) is 0 Å². The molecule has 2 fully saturated rings. The van der Waals surface area contributed by atoms with Gasteiger partial charge in [0.25, 0.3) is 0 Å². The molecule has 0 radical (unpaired) electrons. The van der Waals surface area contributed by atoms with Crippen molar-refractivity contribution in [2.45, 2.75) is 64.6 Å². The van der Waals surface area contributed by atoms with E-state index in [1.807, 2.05) is 30.3 Å². The van der Waals surface area contributed by atoms with E-state index in [1.165, 1.54) is 0 Å². The van der Waals surface area contributed by atoms with E-state index in [2.05, 4.69) is 29.8 Å². The smallest absolute Gasteiger partial charge is 0.408 e. The van der Waals surface area contributed by atoms with Crippen LogP contribution in [0.25, 0.3) is 0 Å². The van der Waals surface area contributed by atoms with Gasteiger partial charge >= 0.3 is 6.09 Å². The molecule has 1 aromatic rings. The summed E-state index contributed by atoms with van der Waals surface area (Å²) < 4.78 is 5.28. The summed E-state index contributed by atoms with van der Waals surface area (Å²) in [5.41, 5.74) is 6.45. The number of carbonyl (C=O) groups is 4. The Morgan fingerprint density at radius 3 is 2.45 bits per heavy atom. The maximum atomic E-state index is 13.1. The van der Waals surface area contributed by atoms with Gasteiger partial charge in [0.1, 0.15) is 18.7 Å². The van der Waals surface area contributed by atoms with Crippen LogP contribution < -0.4 is 21.7 Å². The quantitative estimate of drug-likeness (QED) is 0.422. The minimum Gasteiger partial charge on any atom is -0.445 e. The number of alkyl carbamates (subject to hydrolysis) is 1. The van der Waals surface area contributed by atoms with E-state index in [1.54, 1.807) is 0 Å². The van der Waals surface area contributed by atoms with Crippen LogP contribution in [0.15, 0.2) is 30.3 Å². The monoisotopic (exact) mass is 458 g/mol. The molecule has 0 bridgehead atoms. The van der Waals surface area contributed by atoms with Gasteiger partial charge in [-0.3, -0.25) is 14.4 Å². The van der Waals surface area contributed by atoms with Crippen LogP contribution in [0.2, 0.25) is 0 Å². The third-order valence-corrected chi connectivity index (χ3v) is 6.64. The van der Waals surface area contributed by atoms with Gasteiger partial charge in [0.05, 0.1) is 0 Å². The lowest BCUT2D eigenvalue weighted by Gasteiger charge is -2.27. The van der Waals surface area contributed by atoms with Crippen LogP contribution >= 0.6 is 0 Å². The molecular formula is C24H34N4O5. The van der Waals surface area contributed by atoms with Gasteiger partial charge in [0.2, 0.25) is 17.7 Å². The fourth-order valence-corrected chi connectivity index (χ4v) is 4.26. The summed E-state index contributed by atoms with van der Waals surface area (Å²) in [6, 6.07) is 7.36. The number of hydrogen-bond acceptors (Lipinski definition) is 5. The van der Waals surface area contributed by atoms with E-state index >= 15 is 0 Å². The van der Waals surface area contributed by atoms with Gasteiger partial charge in [-0.2, -0.15) is 0 Å². The Hall–Kier alpha value is -3.10. The fourth-order valence-electron chi connectivity index (χ4n) is 4.26. The van der Waals surface area contributed by atoms with Crippen LogP contribution in [0.4, 0.5) is 4.79 Å². The van der Waals surface area contributed by atoms with Crippen LogP contribution in [-0.4, -0.2) is 42.4 Å². The number of carbonyl (C=O) groups excluding carboxylic acids is 4. The summed E-state index contributed by atoms with van der Waals surface area (Å²) in [6.45, 7) is 4.90. The Balaban J connectivity index is 1.61. The number of benzene rings is 1. The van der Waals surface area contributed by atoms with Gasteiger partial charge in [-0.05, 0) is 49.0 Å². The summed E-state index contributed by atoms with van der Waals surface area (Å²) in [5, 5.41) is 8.08. The highest BCUT2D eigenvalue weighted by molar-refractivity contribution is 5.91. The fraction of sp³-hybridized carbons (Fsp3) is 0.583. The van der Waals surface area contributed by atoms with E-state index in [0.717, 1.165) is 18.4 Å². The Bertz CT molecular complexity index is 873. The Kier molecular flexibility index (Phi) is 7.94. The zero-order valence-corrected chi connectivity index (χ0v) is 19.3. The second kappa shape index (κ2) is 10.7. The normalized spacial score (nSPS) is 22.9. The van der Waals surface area contributed by atoms with Crippen molar-refractivity contribution in [1.29, 1.82) is 0 Å². The highest BCUT2D eigenvalue weighted by Crippen LogP contribution is 2.54. The molecule has 3 rings (SSSR count). The molecule has 9 nitrogen and oxygen atoms in total. The molecule has 1 aliphatic heterocycles. The highest BCUT2D eigenvalue weighted by atomic mass is 16.5.